The first-order chi connectivity index (χ1) is 6.95. The molecule has 0 heterocycles. The van der Waals surface area contributed by atoms with Gasteiger partial charge in [-0.2, -0.15) is 0 Å². The molecule has 0 saturated carbocycles. The van der Waals surface area contributed by atoms with Gasteiger partial charge in [0.2, 0.25) is 10.4 Å². The second kappa shape index (κ2) is 7.12. The SMILES string of the molecule is COC(C)[NH+](C)C(C)(O)O.COS(=O)(=O)[O-]. The smallest absolute Gasteiger partial charge is 0.311 e. The van der Waals surface area contributed by atoms with Crippen LogP contribution in [0.5, 0.6) is 0 Å². The van der Waals surface area contributed by atoms with E-state index in [9.17, 15) is 13.0 Å². The Morgan fingerprint density at radius 3 is 1.75 bits per heavy atom. The van der Waals surface area contributed by atoms with Crippen molar-refractivity contribution in [3.8, 4) is 0 Å². The maximum atomic E-state index is 9.22. The fourth-order valence-electron chi connectivity index (χ4n) is 0.562. The number of hydrogen-bond donors (Lipinski definition) is 3. The number of methoxy groups -OCH3 is 1. The second-order valence-electron chi connectivity index (χ2n) is 3.16. The molecule has 16 heavy (non-hydrogen) atoms. The number of aliphatic hydroxyl groups is 2. The Balaban J connectivity index is 0. The molecule has 0 saturated heterocycles. The van der Waals surface area contributed by atoms with Gasteiger partial charge in [-0.1, -0.05) is 0 Å². The monoisotopic (exact) mass is 261 g/mol. The van der Waals surface area contributed by atoms with Crippen LogP contribution in [0.25, 0.3) is 0 Å². The standard InChI is InChI=1S/C6H15NO3.CH4O4S/c1-5(10-4)7(3)6(2,8)9;1-5-6(2,3)4/h5,8-9H,1-4H3;1H3,(H,2,3,4). The van der Waals surface area contributed by atoms with Crippen LogP contribution in [0.1, 0.15) is 13.8 Å². The molecule has 0 aromatic carbocycles. The zero-order valence-corrected chi connectivity index (χ0v) is 10.7. The van der Waals surface area contributed by atoms with E-state index in [1.165, 1.54) is 14.0 Å². The highest BCUT2D eigenvalue weighted by molar-refractivity contribution is 7.80. The van der Waals surface area contributed by atoms with Crippen molar-refractivity contribution in [2.24, 2.45) is 0 Å². The lowest BCUT2D eigenvalue weighted by Crippen LogP contribution is -3.20. The Morgan fingerprint density at radius 2 is 1.69 bits per heavy atom. The number of quaternary nitrogens is 1. The average molecular weight is 261 g/mol. The van der Waals surface area contributed by atoms with Gasteiger partial charge in [-0.3, -0.25) is 9.08 Å². The lowest BCUT2D eigenvalue weighted by molar-refractivity contribution is -1.02. The van der Waals surface area contributed by atoms with Crippen molar-refractivity contribution in [2.45, 2.75) is 26.0 Å². The Kier molecular flexibility index (Phi) is 8.04. The average Bonchev–Trinajstić information content (AvgIpc) is 2.14. The summed E-state index contributed by atoms with van der Waals surface area (Å²) in [4.78, 5) is 0.509. The predicted octanol–water partition coefficient (Wildman–Crippen LogP) is -2.76. The number of rotatable bonds is 4. The van der Waals surface area contributed by atoms with Crippen molar-refractivity contribution in [3.63, 3.8) is 0 Å². The molecule has 0 amide bonds. The van der Waals surface area contributed by atoms with E-state index in [0.29, 0.717) is 4.90 Å². The van der Waals surface area contributed by atoms with E-state index >= 15 is 0 Å². The molecule has 8 nitrogen and oxygen atoms in total. The van der Waals surface area contributed by atoms with Crippen LogP contribution in [0.4, 0.5) is 0 Å². The maximum Gasteiger partial charge on any atom is 0.311 e. The van der Waals surface area contributed by atoms with Crippen molar-refractivity contribution < 1.29 is 37.0 Å². The van der Waals surface area contributed by atoms with Crippen LogP contribution >= 0.6 is 0 Å². The van der Waals surface area contributed by atoms with Crippen LogP contribution < -0.4 is 4.90 Å². The third kappa shape index (κ3) is 10.2. The Bertz CT molecular complexity index is 271. The van der Waals surface area contributed by atoms with Gasteiger partial charge in [0.25, 0.3) is 0 Å². The van der Waals surface area contributed by atoms with E-state index in [4.69, 9.17) is 14.9 Å². The van der Waals surface area contributed by atoms with Crippen molar-refractivity contribution in [3.05, 3.63) is 0 Å². The van der Waals surface area contributed by atoms with Crippen LogP contribution in [0.2, 0.25) is 0 Å². The molecule has 0 bridgehead atoms. The maximum absolute atomic E-state index is 9.22. The minimum atomic E-state index is -4.41. The fourth-order valence-corrected chi connectivity index (χ4v) is 0.562. The summed E-state index contributed by atoms with van der Waals surface area (Å²) in [5, 5.41) is 18.1. The molecule has 0 radical (unpaired) electrons. The summed E-state index contributed by atoms with van der Waals surface area (Å²) < 4.78 is 35.9. The molecule has 0 rings (SSSR count). The highest BCUT2D eigenvalue weighted by Crippen LogP contribution is 1.84. The minimum absolute atomic E-state index is 0.222. The summed E-state index contributed by atoms with van der Waals surface area (Å²) in [5.41, 5.74) is 0. The normalized spacial score (nSPS) is 16.0. The minimum Gasteiger partial charge on any atom is -0.726 e. The first kappa shape index (κ1) is 18.1. The van der Waals surface area contributed by atoms with E-state index in [1.54, 1.807) is 14.0 Å². The van der Waals surface area contributed by atoms with Crippen LogP contribution in [0.3, 0.4) is 0 Å². The van der Waals surface area contributed by atoms with Gasteiger partial charge in [0.05, 0.1) is 14.2 Å². The quantitative estimate of drug-likeness (QED) is 0.285. The molecule has 0 aromatic heterocycles. The van der Waals surface area contributed by atoms with Crippen molar-refractivity contribution >= 4 is 10.4 Å². The van der Waals surface area contributed by atoms with Gasteiger partial charge < -0.3 is 19.5 Å². The van der Waals surface area contributed by atoms with Crippen molar-refractivity contribution in [1.82, 2.24) is 0 Å². The highest BCUT2D eigenvalue weighted by atomic mass is 32.3. The van der Waals surface area contributed by atoms with Gasteiger partial charge in [-0.25, -0.2) is 8.42 Å². The summed E-state index contributed by atoms with van der Waals surface area (Å²) in [7, 11) is -0.429. The molecule has 2 unspecified atom stereocenters. The molecular formula is C7H19NO7S. The van der Waals surface area contributed by atoms with Gasteiger partial charge in [-0.15, -0.1) is 0 Å². The van der Waals surface area contributed by atoms with E-state index in [2.05, 4.69) is 4.18 Å². The molecule has 3 N–H and O–H groups in total. The topological polar surface area (TPSA) is 121 Å². The number of nitrogens with one attached hydrogen (secondary N) is 1. The molecule has 100 valence electrons. The Labute approximate surface area is 95.3 Å². The Morgan fingerprint density at radius 1 is 1.38 bits per heavy atom. The number of hydrogen-bond acceptors (Lipinski definition) is 7. The summed E-state index contributed by atoms with van der Waals surface area (Å²) >= 11 is 0. The number of ether oxygens (including phenoxy) is 1. The zero-order valence-electron chi connectivity index (χ0n) is 9.92. The van der Waals surface area contributed by atoms with Crippen molar-refractivity contribution in [2.75, 3.05) is 21.3 Å². The molecular weight excluding hydrogens is 242 g/mol. The molecule has 0 fully saturated rings. The third-order valence-corrected chi connectivity index (χ3v) is 2.32. The van der Waals surface area contributed by atoms with Gasteiger partial charge in [-0.05, 0) is 0 Å². The fraction of sp³-hybridized carbons (Fsp3) is 1.00. The summed E-state index contributed by atoms with van der Waals surface area (Å²) in [6.07, 6.45) is -0.222. The lowest BCUT2D eigenvalue weighted by Gasteiger charge is -2.28. The third-order valence-electron chi connectivity index (χ3n) is 1.91. The van der Waals surface area contributed by atoms with E-state index < -0.39 is 16.3 Å². The molecule has 0 spiro atoms. The molecule has 0 aromatic rings. The van der Waals surface area contributed by atoms with Crippen LogP contribution in [-0.2, 0) is 19.3 Å². The molecule has 2 atom stereocenters. The first-order valence-corrected chi connectivity index (χ1v) is 5.62. The van der Waals surface area contributed by atoms with Crippen LogP contribution in [0, 0.1) is 0 Å². The van der Waals surface area contributed by atoms with Gasteiger partial charge >= 0.3 is 5.91 Å². The van der Waals surface area contributed by atoms with Crippen LogP contribution in [-0.4, -0.2) is 56.6 Å². The molecule has 0 aliphatic carbocycles. The van der Waals surface area contributed by atoms with Crippen molar-refractivity contribution in [1.29, 1.82) is 0 Å². The van der Waals surface area contributed by atoms with E-state index in [-0.39, 0.29) is 6.23 Å². The molecule has 0 aliphatic rings. The molecule has 0 aliphatic heterocycles. The summed E-state index contributed by atoms with van der Waals surface area (Å²) in [6, 6.07) is 0. The second-order valence-corrected chi connectivity index (χ2v) is 4.31. The lowest BCUT2D eigenvalue weighted by atomic mass is 10.4. The van der Waals surface area contributed by atoms with Gasteiger partial charge in [0.15, 0.2) is 6.23 Å². The van der Waals surface area contributed by atoms with E-state index in [1.807, 2.05) is 0 Å². The van der Waals surface area contributed by atoms with Gasteiger partial charge in [0.1, 0.15) is 0 Å². The Hall–Kier alpha value is -0.290. The largest absolute Gasteiger partial charge is 0.726 e. The molecule has 9 heteroatoms. The summed E-state index contributed by atoms with van der Waals surface area (Å²) in [6.45, 7) is 3.08. The van der Waals surface area contributed by atoms with Gasteiger partial charge in [0, 0.05) is 21.0 Å². The van der Waals surface area contributed by atoms with Crippen LogP contribution in [0.15, 0.2) is 0 Å². The zero-order chi connectivity index (χ0) is 13.6. The van der Waals surface area contributed by atoms with E-state index in [0.717, 1.165) is 7.11 Å². The predicted molar refractivity (Wildman–Crippen MR) is 52.9 cm³/mol. The highest BCUT2D eigenvalue weighted by Gasteiger charge is 2.30. The summed E-state index contributed by atoms with van der Waals surface area (Å²) in [5.74, 6) is -1.73. The first-order valence-electron chi connectivity index (χ1n) is 4.28.